The molecule has 3 nitrogen and oxygen atoms in total. The van der Waals surface area contributed by atoms with Gasteiger partial charge in [0, 0.05) is 18.5 Å². The maximum Gasteiger partial charge on any atom is 0.221 e. The number of hydrogen-bond donors (Lipinski definition) is 2. The summed E-state index contributed by atoms with van der Waals surface area (Å²) in [4.78, 5) is 12.0. The molecule has 106 valence electrons. The first kappa shape index (κ1) is 15.5. The molecule has 1 aliphatic carbocycles. The first-order chi connectivity index (χ1) is 8.41. The highest BCUT2D eigenvalue weighted by Crippen LogP contribution is 2.30. The Kier molecular flexibility index (Phi) is 6.13. The number of nitrogens with one attached hydrogen (secondary N) is 1. The minimum atomic E-state index is -0.0221. The van der Waals surface area contributed by atoms with Gasteiger partial charge in [-0.25, -0.2) is 0 Å². The molecule has 1 saturated carbocycles. The molecule has 3 heteroatoms. The Morgan fingerprint density at radius 1 is 1.22 bits per heavy atom. The lowest BCUT2D eigenvalue weighted by molar-refractivity contribution is -0.123. The van der Waals surface area contributed by atoms with E-state index in [4.69, 9.17) is 5.73 Å². The lowest BCUT2D eigenvalue weighted by atomic mass is 9.78. The van der Waals surface area contributed by atoms with Crippen molar-refractivity contribution in [1.82, 2.24) is 5.32 Å². The van der Waals surface area contributed by atoms with E-state index in [1.165, 1.54) is 19.3 Å². The molecule has 0 saturated heterocycles. The Hall–Kier alpha value is -0.570. The molecule has 1 fully saturated rings. The summed E-state index contributed by atoms with van der Waals surface area (Å²) in [6, 6.07) is 0.344. The van der Waals surface area contributed by atoms with Gasteiger partial charge in [-0.3, -0.25) is 4.79 Å². The van der Waals surface area contributed by atoms with E-state index in [0.29, 0.717) is 30.2 Å². The molecule has 18 heavy (non-hydrogen) atoms. The van der Waals surface area contributed by atoms with E-state index >= 15 is 0 Å². The monoisotopic (exact) mass is 254 g/mol. The first-order valence-corrected chi connectivity index (χ1v) is 7.46. The van der Waals surface area contributed by atoms with Crippen LogP contribution >= 0.6 is 0 Å². The zero-order chi connectivity index (χ0) is 13.7. The second kappa shape index (κ2) is 7.13. The zero-order valence-corrected chi connectivity index (χ0v) is 12.4. The number of nitrogens with two attached hydrogens (primary N) is 1. The van der Waals surface area contributed by atoms with Crippen LogP contribution in [0.4, 0.5) is 0 Å². The maximum atomic E-state index is 12.0. The van der Waals surface area contributed by atoms with Gasteiger partial charge < -0.3 is 11.1 Å². The molecule has 3 unspecified atom stereocenters. The number of carbonyl (C=O) groups excluding carboxylic acids is 1. The first-order valence-electron chi connectivity index (χ1n) is 7.46. The summed E-state index contributed by atoms with van der Waals surface area (Å²) in [5.41, 5.74) is 5.96. The quantitative estimate of drug-likeness (QED) is 0.792. The van der Waals surface area contributed by atoms with Crippen LogP contribution in [0.1, 0.15) is 59.8 Å². The van der Waals surface area contributed by atoms with Crippen molar-refractivity contribution in [2.75, 3.05) is 0 Å². The van der Waals surface area contributed by atoms with Gasteiger partial charge in [-0.05, 0) is 30.6 Å². The summed E-state index contributed by atoms with van der Waals surface area (Å²) in [5.74, 6) is 1.78. The Balaban J connectivity index is 2.46. The molecule has 1 aliphatic rings. The van der Waals surface area contributed by atoms with Crippen molar-refractivity contribution >= 4 is 5.91 Å². The summed E-state index contributed by atoms with van der Waals surface area (Å²) < 4.78 is 0. The molecular weight excluding hydrogens is 224 g/mol. The van der Waals surface area contributed by atoms with Crippen molar-refractivity contribution in [1.29, 1.82) is 0 Å². The summed E-state index contributed by atoms with van der Waals surface area (Å²) in [5, 5.41) is 3.22. The van der Waals surface area contributed by atoms with Crippen LogP contribution in [0.3, 0.4) is 0 Å². The van der Waals surface area contributed by atoms with Crippen molar-refractivity contribution < 1.29 is 4.79 Å². The topological polar surface area (TPSA) is 55.1 Å². The van der Waals surface area contributed by atoms with Crippen LogP contribution in [0, 0.1) is 17.8 Å². The normalized spacial score (nSPS) is 26.4. The highest BCUT2D eigenvalue weighted by molar-refractivity contribution is 5.76. The molecule has 0 radical (unpaired) electrons. The van der Waals surface area contributed by atoms with E-state index < -0.39 is 0 Å². The predicted octanol–water partition coefficient (Wildman–Crippen LogP) is 2.69. The lowest BCUT2D eigenvalue weighted by Crippen LogP contribution is -2.45. The van der Waals surface area contributed by atoms with E-state index in [1.807, 2.05) is 0 Å². The Bertz CT molecular complexity index is 263. The Morgan fingerprint density at radius 3 is 2.39 bits per heavy atom. The van der Waals surface area contributed by atoms with Gasteiger partial charge >= 0.3 is 0 Å². The molecular formula is C15H30N2O. The molecule has 1 amide bonds. The van der Waals surface area contributed by atoms with Crippen molar-refractivity contribution in [2.24, 2.45) is 23.5 Å². The van der Waals surface area contributed by atoms with E-state index in [-0.39, 0.29) is 11.9 Å². The van der Waals surface area contributed by atoms with E-state index in [2.05, 4.69) is 33.0 Å². The molecule has 3 atom stereocenters. The van der Waals surface area contributed by atoms with Crippen LogP contribution in [0.5, 0.6) is 0 Å². The lowest BCUT2D eigenvalue weighted by Gasteiger charge is -2.35. The van der Waals surface area contributed by atoms with Crippen molar-refractivity contribution in [3.8, 4) is 0 Å². The summed E-state index contributed by atoms with van der Waals surface area (Å²) in [6.45, 7) is 8.65. The highest BCUT2D eigenvalue weighted by Gasteiger charge is 2.28. The average Bonchev–Trinajstić information content (AvgIpc) is 2.28. The maximum absolute atomic E-state index is 12.0. The summed E-state index contributed by atoms with van der Waals surface area (Å²) >= 11 is 0. The summed E-state index contributed by atoms with van der Waals surface area (Å²) in [7, 11) is 0. The second-order valence-corrected chi connectivity index (χ2v) is 6.48. The van der Waals surface area contributed by atoms with Gasteiger partial charge in [-0.15, -0.1) is 0 Å². The third-order valence-electron chi connectivity index (χ3n) is 4.30. The van der Waals surface area contributed by atoms with Crippen LogP contribution in [0.25, 0.3) is 0 Å². The molecule has 3 N–H and O–H groups in total. The van der Waals surface area contributed by atoms with Crippen LogP contribution in [-0.4, -0.2) is 18.0 Å². The fraction of sp³-hybridized carbons (Fsp3) is 0.933. The Labute approximate surface area is 112 Å². The molecule has 0 aromatic heterocycles. The predicted molar refractivity (Wildman–Crippen MR) is 76.2 cm³/mol. The highest BCUT2D eigenvalue weighted by atomic mass is 16.1. The molecule has 0 aromatic rings. The molecule has 0 spiro atoms. The van der Waals surface area contributed by atoms with Gasteiger partial charge in [-0.1, -0.05) is 40.5 Å². The molecule has 0 heterocycles. The summed E-state index contributed by atoms with van der Waals surface area (Å²) in [6.07, 6.45) is 5.38. The van der Waals surface area contributed by atoms with E-state index in [0.717, 1.165) is 6.42 Å². The van der Waals surface area contributed by atoms with Crippen LogP contribution < -0.4 is 11.1 Å². The fourth-order valence-corrected chi connectivity index (χ4v) is 2.85. The molecule has 1 rings (SSSR count). The molecule has 0 bridgehead atoms. The standard InChI is InChI=1S/C15H30N2O/c1-10(2)12-7-5-6-8-14(12)17-15(18)9-13(16)11(3)4/h10-14H,5-9,16H2,1-4H3,(H,17,18). The minimum Gasteiger partial charge on any atom is -0.353 e. The van der Waals surface area contributed by atoms with Gasteiger partial charge in [0.15, 0.2) is 0 Å². The number of amides is 1. The van der Waals surface area contributed by atoms with Crippen molar-refractivity contribution in [3.63, 3.8) is 0 Å². The average molecular weight is 254 g/mol. The van der Waals surface area contributed by atoms with Gasteiger partial charge in [0.05, 0.1) is 0 Å². The molecule has 0 aliphatic heterocycles. The van der Waals surface area contributed by atoms with Gasteiger partial charge in [0.25, 0.3) is 0 Å². The smallest absolute Gasteiger partial charge is 0.221 e. The third kappa shape index (κ3) is 4.60. The largest absolute Gasteiger partial charge is 0.353 e. The van der Waals surface area contributed by atoms with Crippen LogP contribution in [-0.2, 0) is 4.79 Å². The minimum absolute atomic E-state index is 0.0221. The van der Waals surface area contributed by atoms with Crippen LogP contribution in [0.2, 0.25) is 0 Å². The van der Waals surface area contributed by atoms with Gasteiger partial charge in [0.1, 0.15) is 0 Å². The van der Waals surface area contributed by atoms with Crippen molar-refractivity contribution in [2.45, 2.75) is 71.9 Å². The van der Waals surface area contributed by atoms with Gasteiger partial charge in [0.2, 0.25) is 5.91 Å². The third-order valence-corrected chi connectivity index (χ3v) is 4.30. The van der Waals surface area contributed by atoms with Crippen LogP contribution in [0.15, 0.2) is 0 Å². The Morgan fingerprint density at radius 2 is 1.83 bits per heavy atom. The fourth-order valence-electron chi connectivity index (χ4n) is 2.85. The SMILES string of the molecule is CC(C)C(N)CC(=O)NC1CCCCC1C(C)C. The molecule has 0 aromatic carbocycles. The van der Waals surface area contributed by atoms with Crippen molar-refractivity contribution in [3.05, 3.63) is 0 Å². The number of carbonyl (C=O) groups is 1. The zero-order valence-electron chi connectivity index (χ0n) is 12.4. The number of rotatable bonds is 5. The second-order valence-electron chi connectivity index (χ2n) is 6.48. The van der Waals surface area contributed by atoms with E-state index in [9.17, 15) is 4.79 Å². The van der Waals surface area contributed by atoms with E-state index in [1.54, 1.807) is 0 Å². The van der Waals surface area contributed by atoms with Gasteiger partial charge in [-0.2, -0.15) is 0 Å². The number of hydrogen-bond acceptors (Lipinski definition) is 2.